The van der Waals surface area contributed by atoms with E-state index in [0.717, 1.165) is 28.9 Å². The van der Waals surface area contributed by atoms with Gasteiger partial charge in [0.2, 0.25) is 0 Å². The van der Waals surface area contributed by atoms with E-state index < -0.39 is 0 Å². The number of fused-ring (bicyclic) bond motifs is 1. The van der Waals surface area contributed by atoms with Crippen molar-refractivity contribution in [3.8, 4) is 5.75 Å². The number of hydrogen-bond acceptors (Lipinski definition) is 3. The second-order valence-electron chi connectivity index (χ2n) is 4.55. The summed E-state index contributed by atoms with van der Waals surface area (Å²) in [6.07, 6.45) is 4.61. The number of nitrogens with two attached hydrogens (primary N) is 1. The molecule has 0 amide bonds. The number of benzene rings is 1. The summed E-state index contributed by atoms with van der Waals surface area (Å²) in [4.78, 5) is 4.45. The van der Waals surface area contributed by atoms with Gasteiger partial charge in [0.25, 0.3) is 0 Å². The van der Waals surface area contributed by atoms with Gasteiger partial charge in [-0.25, -0.2) is 4.98 Å². The first-order chi connectivity index (χ1) is 9.26. The van der Waals surface area contributed by atoms with E-state index in [0.29, 0.717) is 6.54 Å². The SMILES string of the molecule is NCc1ccc2cnc(Cc3ccc(O)cc3)n2c1. The van der Waals surface area contributed by atoms with Crippen LogP contribution < -0.4 is 5.73 Å². The normalized spacial score (nSPS) is 11.0. The van der Waals surface area contributed by atoms with Crippen LogP contribution >= 0.6 is 0 Å². The van der Waals surface area contributed by atoms with Crippen LogP contribution in [-0.2, 0) is 13.0 Å². The van der Waals surface area contributed by atoms with Crippen molar-refractivity contribution in [1.82, 2.24) is 9.38 Å². The Morgan fingerprint density at radius 3 is 2.53 bits per heavy atom. The molecule has 0 saturated heterocycles. The number of nitrogens with zero attached hydrogens (tertiary/aromatic N) is 2. The molecule has 3 N–H and O–H groups in total. The van der Waals surface area contributed by atoms with Crippen LogP contribution in [0.5, 0.6) is 5.75 Å². The topological polar surface area (TPSA) is 63.5 Å². The zero-order valence-electron chi connectivity index (χ0n) is 10.5. The minimum absolute atomic E-state index is 0.280. The fourth-order valence-electron chi connectivity index (χ4n) is 2.14. The van der Waals surface area contributed by atoms with Gasteiger partial charge in [-0.05, 0) is 29.3 Å². The fourth-order valence-corrected chi connectivity index (χ4v) is 2.14. The van der Waals surface area contributed by atoms with Crippen molar-refractivity contribution in [3.63, 3.8) is 0 Å². The van der Waals surface area contributed by atoms with Crippen molar-refractivity contribution in [2.75, 3.05) is 0 Å². The zero-order chi connectivity index (χ0) is 13.2. The van der Waals surface area contributed by atoms with Gasteiger partial charge in [0.1, 0.15) is 11.6 Å². The second-order valence-corrected chi connectivity index (χ2v) is 4.55. The Hall–Kier alpha value is -2.33. The van der Waals surface area contributed by atoms with E-state index >= 15 is 0 Å². The summed E-state index contributed by atoms with van der Waals surface area (Å²) in [6.45, 7) is 0.521. The molecule has 3 aromatic rings. The molecule has 0 saturated carbocycles. The molecule has 3 rings (SSSR count). The Morgan fingerprint density at radius 1 is 1.05 bits per heavy atom. The maximum absolute atomic E-state index is 9.29. The molecular formula is C15H15N3O. The molecule has 1 aromatic carbocycles. The second kappa shape index (κ2) is 4.74. The Bertz CT molecular complexity index is 701. The van der Waals surface area contributed by atoms with Crippen molar-refractivity contribution in [3.05, 3.63) is 65.7 Å². The maximum Gasteiger partial charge on any atom is 0.117 e. The average molecular weight is 253 g/mol. The molecule has 19 heavy (non-hydrogen) atoms. The lowest BCUT2D eigenvalue weighted by molar-refractivity contribution is 0.475. The minimum atomic E-state index is 0.280. The lowest BCUT2D eigenvalue weighted by Gasteiger charge is -2.04. The molecule has 0 aliphatic carbocycles. The van der Waals surface area contributed by atoms with Crippen LogP contribution in [0.25, 0.3) is 5.52 Å². The molecule has 4 nitrogen and oxygen atoms in total. The van der Waals surface area contributed by atoms with Crippen LogP contribution in [0.2, 0.25) is 0 Å². The number of rotatable bonds is 3. The number of imidazole rings is 1. The highest BCUT2D eigenvalue weighted by Crippen LogP contribution is 2.15. The fraction of sp³-hybridized carbons (Fsp3) is 0.133. The molecule has 0 radical (unpaired) electrons. The predicted octanol–water partition coefficient (Wildman–Crippen LogP) is 2.09. The van der Waals surface area contributed by atoms with Gasteiger partial charge in [-0.1, -0.05) is 18.2 Å². The highest BCUT2D eigenvalue weighted by molar-refractivity contribution is 5.47. The highest BCUT2D eigenvalue weighted by atomic mass is 16.3. The maximum atomic E-state index is 9.29. The molecule has 0 unspecified atom stereocenters. The third kappa shape index (κ3) is 2.30. The summed E-state index contributed by atoms with van der Waals surface area (Å²) in [5.74, 6) is 1.25. The van der Waals surface area contributed by atoms with Gasteiger partial charge < -0.3 is 15.2 Å². The Kier molecular flexibility index (Phi) is 2.93. The molecule has 0 atom stereocenters. The van der Waals surface area contributed by atoms with Crippen molar-refractivity contribution in [1.29, 1.82) is 0 Å². The van der Waals surface area contributed by atoms with Crippen LogP contribution in [0.1, 0.15) is 17.0 Å². The first kappa shape index (κ1) is 11.7. The lowest BCUT2D eigenvalue weighted by Crippen LogP contribution is -2.01. The molecular weight excluding hydrogens is 238 g/mol. The molecule has 0 aliphatic heterocycles. The molecule has 0 bridgehead atoms. The number of aromatic hydroxyl groups is 1. The quantitative estimate of drug-likeness (QED) is 0.751. The summed E-state index contributed by atoms with van der Waals surface area (Å²) in [5, 5.41) is 9.29. The number of phenols is 1. The van der Waals surface area contributed by atoms with Gasteiger partial charge in [-0.3, -0.25) is 0 Å². The lowest BCUT2D eigenvalue weighted by atomic mass is 10.1. The van der Waals surface area contributed by atoms with Crippen molar-refractivity contribution in [2.45, 2.75) is 13.0 Å². The van der Waals surface area contributed by atoms with Gasteiger partial charge >= 0.3 is 0 Å². The smallest absolute Gasteiger partial charge is 0.117 e. The van der Waals surface area contributed by atoms with Crippen LogP contribution in [0.4, 0.5) is 0 Å². The molecule has 4 heteroatoms. The summed E-state index contributed by atoms with van der Waals surface area (Å²) in [7, 11) is 0. The van der Waals surface area contributed by atoms with E-state index in [1.54, 1.807) is 12.1 Å². The van der Waals surface area contributed by atoms with Gasteiger partial charge in [0.05, 0.1) is 11.7 Å². The minimum Gasteiger partial charge on any atom is -0.508 e. The zero-order valence-corrected chi connectivity index (χ0v) is 10.5. The predicted molar refractivity (Wildman–Crippen MR) is 74.0 cm³/mol. The van der Waals surface area contributed by atoms with E-state index in [1.807, 2.05) is 36.7 Å². The number of phenolic OH excluding ortho intramolecular Hbond substituents is 1. The van der Waals surface area contributed by atoms with Crippen LogP contribution in [-0.4, -0.2) is 14.5 Å². The summed E-state index contributed by atoms with van der Waals surface area (Å²) in [5.41, 5.74) is 8.92. The van der Waals surface area contributed by atoms with Crippen LogP contribution in [0.15, 0.2) is 48.8 Å². The Labute approximate surface area is 111 Å². The number of pyridine rings is 1. The molecule has 0 fully saturated rings. The Morgan fingerprint density at radius 2 is 1.79 bits per heavy atom. The first-order valence-electron chi connectivity index (χ1n) is 6.19. The molecule has 2 aromatic heterocycles. The van der Waals surface area contributed by atoms with Crippen LogP contribution in [0.3, 0.4) is 0 Å². The third-order valence-corrected chi connectivity index (χ3v) is 3.20. The van der Waals surface area contributed by atoms with Crippen molar-refractivity contribution < 1.29 is 5.11 Å². The monoisotopic (exact) mass is 253 g/mol. The van der Waals surface area contributed by atoms with Gasteiger partial charge in [0.15, 0.2) is 0 Å². The molecule has 2 heterocycles. The summed E-state index contributed by atoms with van der Waals surface area (Å²) in [6, 6.07) is 11.2. The average Bonchev–Trinajstić information content (AvgIpc) is 2.84. The molecule has 0 aliphatic rings. The standard InChI is InChI=1S/C15H15N3O/c16-8-12-1-4-13-9-17-15(18(13)10-12)7-11-2-5-14(19)6-3-11/h1-6,9-10,19H,7-8,16H2. The van der Waals surface area contributed by atoms with Gasteiger partial charge in [-0.2, -0.15) is 0 Å². The van der Waals surface area contributed by atoms with Crippen molar-refractivity contribution >= 4 is 5.52 Å². The molecule has 96 valence electrons. The third-order valence-electron chi connectivity index (χ3n) is 3.20. The van der Waals surface area contributed by atoms with E-state index in [4.69, 9.17) is 5.73 Å². The van der Waals surface area contributed by atoms with E-state index in [1.165, 1.54) is 0 Å². The van der Waals surface area contributed by atoms with Gasteiger partial charge in [-0.15, -0.1) is 0 Å². The molecule has 0 spiro atoms. The van der Waals surface area contributed by atoms with Crippen molar-refractivity contribution in [2.24, 2.45) is 5.73 Å². The first-order valence-corrected chi connectivity index (χ1v) is 6.19. The largest absolute Gasteiger partial charge is 0.508 e. The highest BCUT2D eigenvalue weighted by Gasteiger charge is 2.05. The van der Waals surface area contributed by atoms with E-state index in [2.05, 4.69) is 9.38 Å². The summed E-state index contributed by atoms with van der Waals surface area (Å²) < 4.78 is 2.06. The number of aromatic nitrogens is 2. The van der Waals surface area contributed by atoms with E-state index in [-0.39, 0.29) is 5.75 Å². The number of hydrogen-bond donors (Lipinski definition) is 2. The summed E-state index contributed by atoms with van der Waals surface area (Å²) >= 11 is 0. The van der Waals surface area contributed by atoms with Crippen LogP contribution in [0, 0.1) is 0 Å². The van der Waals surface area contributed by atoms with E-state index in [9.17, 15) is 5.11 Å². The van der Waals surface area contributed by atoms with Gasteiger partial charge in [0, 0.05) is 19.2 Å². The Balaban J connectivity index is 1.98.